The molecule has 1 aliphatic carbocycles. The highest BCUT2D eigenvalue weighted by molar-refractivity contribution is 6.03. The van der Waals surface area contributed by atoms with Crippen molar-refractivity contribution in [1.82, 2.24) is 10.3 Å². The van der Waals surface area contributed by atoms with Gasteiger partial charge in [-0.05, 0) is 55.7 Å². The molecule has 8 nitrogen and oxygen atoms in total. The Hall–Kier alpha value is -4.35. The number of carbonyl (C=O) groups excluding carboxylic acids is 2. The van der Waals surface area contributed by atoms with Crippen LogP contribution in [0.2, 0.25) is 0 Å². The van der Waals surface area contributed by atoms with Gasteiger partial charge >= 0.3 is 0 Å². The fourth-order valence-electron chi connectivity index (χ4n) is 3.96. The smallest absolute Gasteiger partial charge is 0.270 e. The Bertz CT molecular complexity index is 1360. The van der Waals surface area contributed by atoms with E-state index in [1.54, 1.807) is 43.4 Å². The van der Waals surface area contributed by atoms with Crippen LogP contribution >= 0.6 is 0 Å². The van der Waals surface area contributed by atoms with Crippen LogP contribution in [0.3, 0.4) is 0 Å². The van der Waals surface area contributed by atoms with Crippen LogP contribution in [0.25, 0.3) is 0 Å². The molecule has 2 N–H and O–H groups in total. The molecule has 8 heteroatoms. The van der Waals surface area contributed by atoms with Crippen molar-refractivity contribution >= 4 is 17.5 Å². The lowest BCUT2D eigenvalue weighted by Gasteiger charge is -2.30. The lowest BCUT2D eigenvalue weighted by Crippen LogP contribution is -2.49. The predicted octanol–water partition coefficient (Wildman–Crippen LogP) is 3.29. The summed E-state index contributed by atoms with van der Waals surface area (Å²) in [6, 6.07) is 16.7. The molecular weight excluding hydrogens is 458 g/mol. The number of pyridine rings is 1. The lowest BCUT2D eigenvalue weighted by molar-refractivity contribution is -0.120. The number of hydrogen-bond acceptors (Lipinski definition) is 6. The normalized spacial score (nSPS) is 17.9. The SMILES string of the molecule is CN1C(=O)[C@H](NC(=O)c2cc(Oc3ccccc3)ccn2)COc2ccc(C#CC3(O)CCC3)cc21. The number of nitrogens with one attached hydrogen (secondary N) is 1. The van der Waals surface area contributed by atoms with E-state index in [1.807, 2.05) is 18.2 Å². The molecule has 0 radical (unpaired) electrons. The second-order valence-electron chi connectivity index (χ2n) is 8.84. The van der Waals surface area contributed by atoms with E-state index in [1.165, 1.54) is 17.2 Å². The number of rotatable bonds is 4. The third-order valence-electron chi connectivity index (χ3n) is 6.22. The van der Waals surface area contributed by atoms with Gasteiger partial charge in [0, 0.05) is 24.9 Å². The average Bonchev–Trinajstić information content (AvgIpc) is 2.99. The van der Waals surface area contributed by atoms with E-state index >= 15 is 0 Å². The Balaban J connectivity index is 1.29. The zero-order valence-electron chi connectivity index (χ0n) is 19.7. The first-order valence-electron chi connectivity index (χ1n) is 11.7. The van der Waals surface area contributed by atoms with E-state index < -0.39 is 17.6 Å². The van der Waals surface area contributed by atoms with E-state index in [2.05, 4.69) is 22.1 Å². The molecule has 2 aliphatic rings. The van der Waals surface area contributed by atoms with Gasteiger partial charge in [-0.3, -0.25) is 14.6 Å². The molecule has 0 saturated heterocycles. The van der Waals surface area contributed by atoms with Crippen molar-refractivity contribution in [2.45, 2.75) is 30.9 Å². The van der Waals surface area contributed by atoms with Gasteiger partial charge < -0.3 is 24.8 Å². The molecule has 36 heavy (non-hydrogen) atoms. The highest BCUT2D eigenvalue weighted by Gasteiger charge is 2.33. The molecule has 1 fully saturated rings. The molecule has 5 rings (SSSR count). The number of aromatic nitrogens is 1. The third kappa shape index (κ3) is 5.02. The van der Waals surface area contributed by atoms with Crippen molar-refractivity contribution < 1.29 is 24.2 Å². The number of benzene rings is 2. The minimum atomic E-state index is -0.919. The second-order valence-corrected chi connectivity index (χ2v) is 8.84. The molecule has 1 saturated carbocycles. The zero-order valence-corrected chi connectivity index (χ0v) is 19.7. The molecule has 2 aromatic carbocycles. The van der Waals surface area contributed by atoms with Crippen molar-refractivity contribution in [2.24, 2.45) is 0 Å². The summed E-state index contributed by atoms with van der Waals surface area (Å²) in [6.45, 7) is -0.0348. The van der Waals surface area contributed by atoms with E-state index in [4.69, 9.17) is 9.47 Å². The molecule has 0 unspecified atom stereocenters. The number of aliphatic hydroxyl groups is 1. The number of para-hydroxylation sites is 1. The number of ether oxygens (including phenoxy) is 2. The first-order chi connectivity index (χ1) is 17.4. The molecule has 182 valence electrons. The van der Waals surface area contributed by atoms with Gasteiger partial charge in [-0.25, -0.2) is 0 Å². The Labute approximate surface area is 208 Å². The zero-order chi connectivity index (χ0) is 25.1. The van der Waals surface area contributed by atoms with Crippen LogP contribution in [0.4, 0.5) is 5.69 Å². The van der Waals surface area contributed by atoms with Gasteiger partial charge in [0.25, 0.3) is 11.8 Å². The molecule has 0 spiro atoms. The van der Waals surface area contributed by atoms with Crippen molar-refractivity contribution in [2.75, 3.05) is 18.6 Å². The van der Waals surface area contributed by atoms with Crippen LogP contribution in [0.5, 0.6) is 17.2 Å². The fourth-order valence-corrected chi connectivity index (χ4v) is 3.96. The fraction of sp³-hybridized carbons (Fsp3) is 0.250. The van der Waals surface area contributed by atoms with Gasteiger partial charge in [0.05, 0.1) is 5.69 Å². The van der Waals surface area contributed by atoms with Crippen LogP contribution in [-0.2, 0) is 4.79 Å². The largest absolute Gasteiger partial charge is 0.489 e. The molecule has 1 aromatic heterocycles. The Kier molecular flexibility index (Phi) is 6.32. The van der Waals surface area contributed by atoms with E-state index in [-0.39, 0.29) is 18.2 Å². The Morgan fingerprint density at radius 1 is 1.17 bits per heavy atom. The van der Waals surface area contributed by atoms with Crippen LogP contribution in [-0.4, -0.2) is 47.2 Å². The van der Waals surface area contributed by atoms with E-state index in [0.29, 0.717) is 41.3 Å². The Morgan fingerprint density at radius 2 is 1.97 bits per heavy atom. The van der Waals surface area contributed by atoms with Crippen LogP contribution < -0.4 is 19.7 Å². The van der Waals surface area contributed by atoms with Crippen LogP contribution in [0.1, 0.15) is 35.3 Å². The molecule has 1 atom stereocenters. The monoisotopic (exact) mass is 483 g/mol. The number of hydrogen-bond donors (Lipinski definition) is 2. The Morgan fingerprint density at radius 3 is 2.72 bits per heavy atom. The van der Waals surface area contributed by atoms with Gasteiger partial charge in [-0.2, -0.15) is 0 Å². The topological polar surface area (TPSA) is 101 Å². The summed E-state index contributed by atoms with van der Waals surface area (Å²) in [5, 5.41) is 13.0. The number of amides is 2. The van der Waals surface area contributed by atoms with Crippen molar-refractivity contribution in [1.29, 1.82) is 0 Å². The van der Waals surface area contributed by atoms with Crippen molar-refractivity contribution in [3.05, 3.63) is 78.1 Å². The maximum Gasteiger partial charge on any atom is 0.270 e. The summed E-state index contributed by atoms with van der Waals surface area (Å²) in [6.07, 6.45) is 3.78. The predicted molar refractivity (Wildman–Crippen MR) is 133 cm³/mol. The average molecular weight is 484 g/mol. The summed E-state index contributed by atoms with van der Waals surface area (Å²) < 4.78 is 11.6. The van der Waals surface area contributed by atoms with Gasteiger partial charge in [0.15, 0.2) is 0 Å². The maximum atomic E-state index is 13.2. The van der Waals surface area contributed by atoms with Crippen molar-refractivity contribution in [3.63, 3.8) is 0 Å². The molecular formula is C28H25N3O5. The van der Waals surface area contributed by atoms with Crippen molar-refractivity contribution in [3.8, 4) is 29.1 Å². The maximum absolute atomic E-state index is 13.2. The number of anilines is 1. The minimum absolute atomic E-state index is 0.0348. The molecule has 0 bridgehead atoms. The number of carbonyl (C=O) groups is 2. The first kappa shape index (κ1) is 23.4. The van der Waals surface area contributed by atoms with E-state index in [9.17, 15) is 14.7 Å². The summed E-state index contributed by atoms with van der Waals surface area (Å²) in [7, 11) is 1.62. The van der Waals surface area contributed by atoms with Crippen LogP contribution in [0, 0.1) is 11.8 Å². The van der Waals surface area contributed by atoms with Gasteiger partial charge in [-0.15, -0.1) is 0 Å². The standard InChI is InChI=1S/C28H25N3O5/c1-31-24-16-19(10-14-28(34)12-5-13-28)8-9-25(24)35-18-23(27(31)33)30-26(32)22-17-21(11-15-29-22)36-20-6-3-2-4-7-20/h2-4,6-9,11,15-17,23,34H,5,12-13,18H2,1H3,(H,30,32)/t23-/m1/s1. The highest BCUT2D eigenvalue weighted by atomic mass is 16.5. The summed E-state index contributed by atoms with van der Waals surface area (Å²) in [5.41, 5.74) is 0.407. The quantitative estimate of drug-likeness (QED) is 0.553. The lowest BCUT2D eigenvalue weighted by atomic mass is 9.81. The molecule has 2 heterocycles. The molecule has 3 aromatic rings. The van der Waals surface area contributed by atoms with Gasteiger partial charge in [-0.1, -0.05) is 30.0 Å². The summed E-state index contributed by atoms with van der Waals surface area (Å²) in [4.78, 5) is 31.7. The van der Waals surface area contributed by atoms with Gasteiger partial charge in [0.1, 0.15) is 41.2 Å². The highest BCUT2D eigenvalue weighted by Crippen LogP contribution is 2.33. The third-order valence-corrected chi connectivity index (χ3v) is 6.22. The number of fused-ring (bicyclic) bond motifs is 1. The minimum Gasteiger partial charge on any atom is -0.489 e. The number of likely N-dealkylation sites (N-methyl/N-ethyl adjacent to an activating group) is 1. The summed E-state index contributed by atoms with van der Waals surface area (Å²) in [5.74, 6) is 6.66. The molecule has 1 aliphatic heterocycles. The second kappa shape index (κ2) is 9.72. The molecule has 2 amide bonds. The van der Waals surface area contributed by atoms with E-state index in [0.717, 1.165) is 6.42 Å². The number of nitrogens with zero attached hydrogens (tertiary/aromatic N) is 2. The van der Waals surface area contributed by atoms with Gasteiger partial charge in [0.2, 0.25) is 0 Å². The summed E-state index contributed by atoms with van der Waals surface area (Å²) >= 11 is 0. The first-order valence-corrected chi connectivity index (χ1v) is 11.7. The van der Waals surface area contributed by atoms with Crippen LogP contribution in [0.15, 0.2) is 66.9 Å².